The third-order valence-corrected chi connectivity index (χ3v) is 3.49. The van der Waals surface area contributed by atoms with Gasteiger partial charge < -0.3 is 9.47 Å². The summed E-state index contributed by atoms with van der Waals surface area (Å²) in [6, 6.07) is 0.475. The first-order valence-electron chi connectivity index (χ1n) is 7.85. The minimum Gasteiger partial charge on any atom is -0.350 e. The lowest BCUT2D eigenvalue weighted by molar-refractivity contribution is -0.256. The van der Waals surface area contributed by atoms with Crippen molar-refractivity contribution in [1.82, 2.24) is 10.6 Å². The molecular weight excluding hydrogens is 240 g/mol. The lowest BCUT2D eigenvalue weighted by Crippen LogP contribution is -2.47. The molecule has 0 aromatic rings. The highest BCUT2D eigenvalue weighted by atomic mass is 16.7. The molecule has 1 fully saturated rings. The number of hydrogen-bond donors (Lipinski definition) is 2. The van der Waals surface area contributed by atoms with Gasteiger partial charge in [-0.1, -0.05) is 13.3 Å². The van der Waals surface area contributed by atoms with Gasteiger partial charge >= 0.3 is 0 Å². The Hall–Kier alpha value is -0.160. The maximum absolute atomic E-state index is 6.05. The predicted octanol–water partition coefficient (Wildman–Crippen LogP) is 2.98. The topological polar surface area (TPSA) is 42.5 Å². The third-order valence-electron chi connectivity index (χ3n) is 3.49. The second-order valence-electron chi connectivity index (χ2n) is 5.86. The Bertz CT molecular complexity index is 228. The highest BCUT2D eigenvalue weighted by Gasteiger charge is 2.33. The molecule has 0 spiro atoms. The molecule has 0 heterocycles. The smallest absolute Gasteiger partial charge is 0.170 e. The minimum atomic E-state index is -0.335. The van der Waals surface area contributed by atoms with Crippen molar-refractivity contribution in [1.29, 1.82) is 0 Å². The van der Waals surface area contributed by atoms with Gasteiger partial charge in [-0.05, 0) is 40.0 Å². The van der Waals surface area contributed by atoms with Gasteiger partial charge in [0.1, 0.15) is 6.73 Å². The van der Waals surface area contributed by atoms with Gasteiger partial charge in [-0.2, -0.15) is 0 Å². The van der Waals surface area contributed by atoms with E-state index in [4.69, 9.17) is 9.47 Å². The Morgan fingerprint density at radius 1 is 1.05 bits per heavy atom. The molecule has 4 heteroatoms. The Labute approximate surface area is 118 Å². The van der Waals surface area contributed by atoms with E-state index in [1.807, 2.05) is 0 Å². The minimum absolute atomic E-state index is 0.256. The van der Waals surface area contributed by atoms with Crippen LogP contribution in [0, 0.1) is 0 Å². The van der Waals surface area contributed by atoms with Gasteiger partial charge in [-0.25, -0.2) is 0 Å². The molecule has 1 atom stereocenters. The molecule has 2 N–H and O–H groups in total. The average molecular weight is 272 g/mol. The van der Waals surface area contributed by atoms with E-state index in [1.165, 1.54) is 19.3 Å². The van der Waals surface area contributed by atoms with Crippen LogP contribution in [0.2, 0.25) is 0 Å². The molecule has 0 aromatic carbocycles. The van der Waals surface area contributed by atoms with Crippen LogP contribution in [0.1, 0.15) is 66.2 Å². The lowest BCUT2D eigenvalue weighted by Gasteiger charge is -2.37. The molecule has 0 radical (unpaired) electrons. The monoisotopic (exact) mass is 272 g/mol. The fraction of sp³-hybridized carbons (Fsp3) is 1.00. The van der Waals surface area contributed by atoms with Crippen LogP contribution in [0.3, 0.4) is 0 Å². The maximum atomic E-state index is 6.05. The van der Waals surface area contributed by atoms with E-state index >= 15 is 0 Å². The summed E-state index contributed by atoms with van der Waals surface area (Å²) in [6.45, 7) is 9.88. The summed E-state index contributed by atoms with van der Waals surface area (Å²) in [5.74, 6) is -0.335. The van der Waals surface area contributed by atoms with Crippen molar-refractivity contribution in [2.45, 2.75) is 84.2 Å². The number of rotatable bonds is 9. The third kappa shape index (κ3) is 6.70. The molecule has 1 unspecified atom stereocenters. The number of hydrogen-bond acceptors (Lipinski definition) is 4. The summed E-state index contributed by atoms with van der Waals surface area (Å²) >= 11 is 0. The molecule has 0 saturated heterocycles. The Kier molecular flexibility index (Phi) is 7.91. The molecule has 0 aromatic heterocycles. The van der Waals surface area contributed by atoms with Gasteiger partial charge in [-0.3, -0.25) is 10.6 Å². The molecule has 0 aliphatic heterocycles. The normalized spacial score (nSPS) is 20.7. The summed E-state index contributed by atoms with van der Waals surface area (Å²) in [5, 5.41) is 6.75. The first-order chi connectivity index (χ1) is 9.08. The average Bonchev–Trinajstić information content (AvgIpc) is 2.37. The summed E-state index contributed by atoms with van der Waals surface area (Å²) in [6.07, 6.45) is 7.09. The summed E-state index contributed by atoms with van der Waals surface area (Å²) in [4.78, 5) is 0. The predicted molar refractivity (Wildman–Crippen MR) is 78.9 cm³/mol. The van der Waals surface area contributed by atoms with Gasteiger partial charge in [0.2, 0.25) is 0 Å². The second kappa shape index (κ2) is 8.90. The SMILES string of the molecule is CCCOC1(OCNC(C)NC(C)C)CCCCC1. The van der Waals surface area contributed by atoms with Crippen LogP contribution < -0.4 is 10.6 Å². The van der Waals surface area contributed by atoms with Crippen molar-refractivity contribution < 1.29 is 9.47 Å². The van der Waals surface area contributed by atoms with E-state index in [-0.39, 0.29) is 12.0 Å². The number of nitrogens with one attached hydrogen (secondary N) is 2. The standard InChI is InChI=1S/C15H32N2O2/c1-5-11-18-15(9-7-6-8-10-15)19-12-16-14(4)17-13(2)3/h13-14,16-17H,5-12H2,1-4H3. The van der Waals surface area contributed by atoms with Crippen molar-refractivity contribution in [3.05, 3.63) is 0 Å². The largest absolute Gasteiger partial charge is 0.350 e. The lowest BCUT2D eigenvalue weighted by atomic mass is 9.94. The van der Waals surface area contributed by atoms with Crippen LogP contribution in [0.4, 0.5) is 0 Å². The molecular formula is C15H32N2O2. The molecule has 0 bridgehead atoms. The zero-order valence-electron chi connectivity index (χ0n) is 13.1. The zero-order chi connectivity index (χ0) is 14.1. The first kappa shape index (κ1) is 16.9. The van der Waals surface area contributed by atoms with Gasteiger partial charge in [0.15, 0.2) is 5.79 Å². The maximum Gasteiger partial charge on any atom is 0.170 e. The fourth-order valence-electron chi connectivity index (χ4n) is 2.57. The summed E-state index contributed by atoms with van der Waals surface area (Å²) in [7, 11) is 0. The van der Waals surface area contributed by atoms with Crippen LogP contribution in [-0.4, -0.2) is 31.3 Å². The fourth-order valence-corrected chi connectivity index (χ4v) is 2.57. The van der Waals surface area contributed by atoms with Crippen molar-refractivity contribution in [2.75, 3.05) is 13.3 Å². The molecule has 1 rings (SSSR count). The molecule has 1 aliphatic rings. The summed E-state index contributed by atoms with van der Waals surface area (Å²) in [5.41, 5.74) is 0. The molecule has 1 aliphatic carbocycles. The van der Waals surface area contributed by atoms with E-state index in [2.05, 4.69) is 38.3 Å². The van der Waals surface area contributed by atoms with Crippen LogP contribution in [0.15, 0.2) is 0 Å². The quantitative estimate of drug-likeness (QED) is 0.633. The molecule has 4 nitrogen and oxygen atoms in total. The van der Waals surface area contributed by atoms with Gasteiger partial charge in [0.25, 0.3) is 0 Å². The summed E-state index contributed by atoms with van der Waals surface area (Å²) < 4.78 is 12.1. The Morgan fingerprint density at radius 3 is 2.32 bits per heavy atom. The van der Waals surface area contributed by atoms with Crippen LogP contribution >= 0.6 is 0 Å². The molecule has 0 amide bonds. The van der Waals surface area contributed by atoms with Gasteiger partial charge in [0.05, 0.1) is 6.17 Å². The second-order valence-corrected chi connectivity index (χ2v) is 5.86. The van der Waals surface area contributed by atoms with Crippen molar-refractivity contribution in [3.8, 4) is 0 Å². The van der Waals surface area contributed by atoms with Gasteiger partial charge in [0, 0.05) is 25.5 Å². The van der Waals surface area contributed by atoms with E-state index in [9.17, 15) is 0 Å². The van der Waals surface area contributed by atoms with E-state index in [1.54, 1.807) is 0 Å². The van der Waals surface area contributed by atoms with E-state index < -0.39 is 0 Å². The molecule has 114 valence electrons. The van der Waals surface area contributed by atoms with Gasteiger partial charge in [-0.15, -0.1) is 0 Å². The molecule has 1 saturated carbocycles. The highest BCUT2D eigenvalue weighted by Crippen LogP contribution is 2.32. The van der Waals surface area contributed by atoms with Crippen LogP contribution in [0.25, 0.3) is 0 Å². The number of ether oxygens (including phenoxy) is 2. The first-order valence-corrected chi connectivity index (χ1v) is 7.85. The van der Waals surface area contributed by atoms with Crippen LogP contribution in [-0.2, 0) is 9.47 Å². The van der Waals surface area contributed by atoms with E-state index in [0.717, 1.165) is 25.9 Å². The van der Waals surface area contributed by atoms with Crippen molar-refractivity contribution in [3.63, 3.8) is 0 Å². The zero-order valence-corrected chi connectivity index (χ0v) is 13.1. The van der Waals surface area contributed by atoms with Crippen LogP contribution in [0.5, 0.6) is 0 Å². The highest BCUT2D eigenvalue weighted by molar-refractivity contribution is 4.75. The van der Waals surface area contributed by atoms with Crippen molar-refractivity contribution in [2.24, 2.45) is 0 Å². The molecule has 19 heavy (non-hydrogen) atoms. The van der Waals surface area contributed by atoms with Crippen molar-refractivity contribution >= 4 is 0 Å². The van der Waals surface area contributed by atoms with E-state index in [0.29, 0.717) is 12.8 Å². The Balaban J connectivity index is 2.32. The Morgan fingerprint density at radius 2 is 1.74 bits per heavy atom.